The van der Waals surface area contributed by atoms with E-state index in [0.717, 1.165) is 17.7 Å². The van der Waals surface area contributed by atoms with Gasteiger partial charge in [0, 0.05) is 0 Å². The first-order valence-electron chi connectivity index (χ1n) is 6.33. The molecule has 2 aromatic carbocycles. The van der Waals surface area contributed by atoms with E-state index < -0.39 is 23.5 Å². The molecule has 2 radical (unpaired) electrons. The third-order valence-corrected chi connectivity index (χ3v) is 3.03. The second-order valence-corrected chi connectivity index (χ2v) is 4.73. The Hall–Kier alpha value is -1.92. The van der Waals surface area contributed by atoms with E-state index in [-0.39, 0.29) is 17.8 Å². The van der Waals surface area contributed by atoms with Gasteiger partial charge in [-0.25, -0.2) is 6.32 Å². The van der Waals surface area contributed by atoms with Crippen LogP contribution in [0.5, 0.6) is 0 Å². The number of hydrogen-bond acceptors (Lipinski definition) is 0. The summed E-state index contributed by atoms with van der Waals surface area (Å²) in [6, 6.07) is 10.3. The van der Waals surface area contributed by atoms with E-state index >= 15 is 0 Å². The molecule has 0 aliphatic heterocycles. The van der Waals surface area contributed by atoms with Gasteiger partial charge in [0.2, 0.25) is 0 Å². The molecule has 0 atom stereocenters. The predicted octanol–water partition coefficient (Wildman–Crippen LogP) is 4.25. The molecule has 116 valence electrons. The van der Waals surface area contributed by atoms with Crippen molar-refractivity contribution in [3.05, 3.63) is 65.2 Å². The number of alkyl halides is 6. The van der Waals surface area contributed by atoms with Crippen molar-refractivity contribution in [1.29, 1.82) is 0 Å². The van der Waals surface area contributed by atoms with Crippen LogP contribution in [-0.4, -0.2) is 7.28 Å². The van der Waals surface area contributed by atoms with Crippen LogP contribution < -0.4 is 5.46 Å². The largest absolute Gasteiger partial charge is 0.416 e. The van der Waals surface area contributed by atoms with Gasteiger partial charge < -0.3 is 0 Å². The molecular formula is C15H10BF6-. The molecule has 22 heavy (non-hydrogen) atoms. The normalized spacial score (nSPS) is 12.5. The van der Waals surface area contributed by atoms with Gasteiger partial charge in [-0.2, -0.15) is 26.3 Å². The summed E-state index contributed by atoms with van der Waals surface area (Å²) in [7, 11) is 1.35. The highest BCUT2D eigenvalue weighted by Crippen LogP contribution is 2.34. The minimum Gasteiger partial charge on any atom is -0.291 e. The van der Waals surface area contributed by atoms with Crippen molar-refractivity contribution in [2.45, 2.75) is 18.7 Å². The van der Waals surface area contributed by atoms with E-state index in [4.69, 9.17) is 0 Å². The van der Waals surface area contributed by atoms with Crippen LogP contribution in [0.15, 0.2) is 48.5 Å². The summed E-state index contributed by atoms with van der Waals surface area (Å²) in [5.41, 5.74) is -1.91. The molecule has 0 aliphatic carbocycles. The topological polar surface area (TPSA) is 0 Å². The second kappa shape index (κ2) is 6.06. The Bertz CT molecular complexity index is 598. The first-order chi connectivity index (χ1) is 10.2. The summed E-state index contributed by atoms with van der Waals surface area (Å²) in [4.78, 5) is 0. The van der Waals surface area contributed by atoms with Gasteiger partial charge in [-0.05, 0) is 6.07 Å². The summed E-state index contributed by atoms with van der Waals surface area (Å²) in [5, 5.41) is 0. The first kappa shape index (κ1) is 16.5. The van der Waals surface area contributed by atoms with Crippen LogP contribution in [0, 0.1) is 0 Å². The lowest BCUT2D eigenvalue weighted by Gasteiger charge is -2.21. The fourth-order valence-corrected chi connectivity index (χ4v) is 1.95. The average Bonchev–Trinajstić information content (AvgIpc) is 2.44. The van der Waals surface area contributed by atoms with Crippen LogP contribution in [-0.2, 0) is 18.7 Å². The van der Waals surface area contributed by atoms with Gasteiger partial charge >= 0.3 is 12.4 Å². The van der Waals surface area contributed by atoms with Crippen molar-refractivity contribution in [3.8, 4) is 0 Å². The number of rotatable bonds is 3. The van der Waals surface area contributed by atoms with Crippen molar-refractivity contribution in [1.82, 2.24) is 0 Å². The summed E-state index contributed by atoms with van der Waals surface area (Å²) in [6.07, 6.45) is -9.40. The predicted molar refractivity (Wildman–Crippen MR) is 72.0 cm³/mol. The third kappa shape index (κ3) is 4.29. The highest BCUT2D eigenvalue weighted by atomic mass is 19.4. The van der Waals surface area contributed by atoms with Gasteiger partial charge in [-0.3, -0.25) is 12.7 Å². The molecule has 0 amide bonds. The van der Waals surface area contributed by atoms with E-state index in [0.29, 0.717) is 0 Å². The zero-order valence-corrected chi connectivity index (χ0v) is 11.2. The van der Waals surface area contributed by atoms with Crippen LogP contribution >= 0.6 is 0 Å². The Balaban J connectivity index is 2.30. The number of hydrogen-bond donors (Lipinski definition) is 0. The zero-order valence-electron chi connectivity index (χ0n) is 11.2. The third-order valence-electron chi connectivity index (χ3n) is 3.03. The highest BCUT2D eigenvalue weighted by molar-refractivity contribution is 6.53. The zero-order chi connectivity index (χ0) is 16.4. The maximum atomic E-state index is 12.7. The Morgan fingerprint density at radius 3 is 1.68 bits per heavy atom. The molecule has 0 aliphatic rings. The second-order valence-electron chi connectivity index (χ2n) is 4.73. The van der Waals surface area contributed by atoms with E-state index in [2.05, 4.69) is 0 Å². The molecule has 0 aromatic heterocycles. The van der Waals surface area contributed by atoms with E-state index in [9.17, 15) is 26.3 Å². The molecule has 7 heteroatoms. The van der Waals surface area contributed by atoms with Gasteiger partial charge in [0.05, 0.1) is 11.1 Å². The minimum absolute atomic E-state index is 0.106. The molecule has 0 N–H and O–H groups in total. The molecule has 0 spiro atoms. The Labute approximate surface area is 124 Å². The Morgan fingerprint density at radius 2 is 1.23 bits per heavy atom. The van der Waals surface area contributed by atoms with Crippen LogP contribution in [0.4, 0.5) is 26.3 Å². The van der Waals surface area contributed by atoms with Crippen molar-refractivity contribution in [2.75, 3.05) is 0 Å². The summed E-state index contributed by atoms with van der Waals surface area (Å²) >= 11 is 0. The molecular weight excluding hydrogens is 305 g/mol. The van der Waals surface area contributed by atoms with E-state index in [1.54, 1.807) is 30.3 Å². The quantitative estimate of drug-likeness (QED) is 0.587. The lowest BCUT2D eigenvalue weighted by molar-refractivity contribution is -0.142. The molecule has 0 heterocycles. The van der Waals surface area contributed by atoms with Gasteiger partial charge in [0.25, 0.3) is 0 Å². The first-order valence-corrected chi connectivity index (χ1v) is 6.33. The van der Waals surface area contributed by atoms with Gasteiger partial charge in [-0.1, -0.05) is 48.0 Å². The van der Waals surface area contributed by atoms with Crippen LogP contribution in [0.1, 0.15) is 16.7 Å². The molecule has 0 saturated heterocycles. The fourth-order valence-electron chi connectivity index (χ4n) is 1.95. The minimum atomic E-state index is -4.82. The molecule has 0 unspecified atom stereocenters. The highest BCUT2D eigenvalue weighted by Gasteiger charge is 2.35. The Kier molecular flexibility index (Phi) is 4.54. The monoisotopic (exact) mass is 315 g/mol. The van der Waals surface area contributed by atoms with E-state index in [1.165, 1.54) is 7.28 Å². The SMILES string of the molecule is FC(F)(F)c1cc([B-]Cc2ccccc2)cc(C(F)(F)F)c1. The molecule has 0 saturated carbocycles. The van der Waals surface area contributed by atoms with Gasteiger partial charge in [0.1, 0.15) is 0 Å². The molecule has 2 aromatic rings. The standard InChI is InChI=1S/C15H10BF6/c17-14(18,19)11-6-12(15(20,21)22)8-13(7-11)16-9-10-4-2-1-3-5-10/h1-8H,9H2/q-1. The van der Waals surface area contributed by atoms with Gasteiger partial charge in [-0.15, -0.1) is 0 Å². The van der Waals surface area contributed by atoms with Gasteiger partial charge in [0.15, 0.2) is 0 Å². The average molecular weight is 315 g/mol. The summed E-state index contributed by atoms with van der Waals surface area (Å²) in [6.45, 7) is 0. The number of benzene rings is 2. The maximum absolute atomic E-state index is 12.7. The Morgan fingerprint density at radius 1 is 0.727 bits per heavy atom. The molecule has 0 fully saturated rings. The summed E-state index contributed by atoms with van der Waals surface area (Å²) in [5.74, 6) is 0. The van der Waals surface area contributed by atoms with Crippen molar-refractivity contribution < 1.29 is 26.3 Å². The van der Waals surface area contributed by atoms with Crippen molar-refractivity contribution in [3.63, 3.8) is 0 Å². The van der Waals surface area contributed by atoms with Crippen molar-refractivity contribution in [2.24, 2.45) is 0 Å². The van der Waals surface area contributed by atoms with Crippen LogP contribution in [0.2, 0.25) is 0 Å². The molecule has 0 bridgehead atoms. The van der Waals surface area contributed by atoms with Crippen LogP contribution in [0.25, 0.3) is 0 Å². The molecule has 2 rings (SSSR count). The maximum Gasteiger partial charge on any atom is 0.416 e. The molecule has 0 nitrogen and oxygen atoms in total. The van der Waals surface area contributed by atoms with Crippen LogP contribution in [0.3, 0.4) is 0 Å². The smallest absolute Gasteiger partial charge is 0.291 e. The van der Waals surface area contributed by atoms with E-state index in [1.807, 2.05) is 0 Å². The number of halogens is 6. The fraction of sp³-hybridized carbons (Fsp3) is 0.200. The lowest BCUT2D eigenvalue weighted by Crippen LogP contribution is -2.23. The van der Waals surface area contributed by atoms with Crippen molar-refractivity contribution >= 4 is 12.7 Å². The summed E-state index contributed by atoms with van der Waals surface area (Å²) < 4.78 is 76.3. The lowest BCUT2D eigenvalue weighted by atomic mass is 9.64.